The first-order valence-corrected chi connectivity index (χ1v) is 14.3. The largest absolute Gasteiger partial charge is 0.497 e. The van der Waals surface area contributed by atoms with E-state index in [-0.39, 0.29) is 22.6 Å². The number of carbonyl (C=O) groups is 2. The lowest BCUT2D eigenvalue weighted by Gasteiger charge is -2.44. The van der Waals surface area contributed by atoms with Gasteiger partial charge in [-0.3, -0.25) is 0 Å². The average Bonchev–Trinajstić information content (AvgIpc) is 3.09. The van der Waals surface area contributed by atoms with E-state index in [0.29, 0.717) is 11.5 Å². The highest BCUT2D eigenvalue weighted by Crippen LogP contribution is 2.30. The van der Waals surface area contributed by atoms with Crippen molar-refractivity contribution in [1.29, 1.82) is 0 Å². The summed E-state index contributed by atoms with van der Waals surface area (Å²) in [6, 6.07) is 8.70. The van der Waals surface area contributed by atoms with Crippen molar-refractivity contribution < 1.29 is 82.9 Å². The second kappa shape index (κ2) is 15.9. The van der Waals surface area contributed by atoms with Crippen LogP contribution in [0.5, 0.6) is 23.0 Å². The third-order valence-electron chi connectivity index (χ3n) is 7.62. The van der Waals surface area contributed by atoms with Crippen LogP contribution in [0.25, 0.3) is 0 Å². The molecule has 6 N–H and O–H groups in total. The van der Waals surface area contributed by atoms with Gasteiger partial charge in [0.05, 0.1) is 28.4 Å². The minimum atomic E-state index is -1.91. The summed E-state index contributed by atoms with van der Waals surface area (Å²) in [6.45, 7) is -1.25. The van der Waals surface area contributed by atoms with Gasteiger partial charge in [0.25, 0.3) is 0 Å². The van der Waals surface area contributed by atoms with Crippen molar-refractivity contribution in [3.63, 3.8) is 0 Å². The molecule has 17 nitrogen and oxygen atoms in total. The molecule has 10 atom stereocenters. The lowest BCUT2D eigenvalue weighted by molar-refractivity contribution is -0.376. The van der Waals surface area contributed by atoms with Crippen molar-refractivity contribution in [3.05, 3.63) is 47.5 Å². The van der Waals surface area contributed by atoms with E-state index in [1.165, 1.54) is 64.8 Å². The summed E-state index contributed by atoms with van der Waals surface area (Å²) in [5.74, 6) is -0.613. The second-order valence-corrected chi connectivity index (χ2v) is 10.5. The van der Waals surface area contributed by atoms with E-state index < -0.39 is 86.6 Å². The summed E-state index contributed by atoms with van der Waals surface area (Å²) in [5, 5.41) is 63.1. The number of aliphatic hydroxyl groups excluding tert-OH is 6. The molecule has 0 amide bonds. The van der Waals surface area contributed by atoms with E-state index in [9.17, 15) is 40.2 Å². The van der Waals surface area contributed by atoms with Crippen LogP contribution in [0, 0.1) is 0 Å². The summed E-state index contributed by atoms with van der Waals surface area (Å²) in [7, 11) is 5.54. The highest BCUT2D eigenvalue weighted by atomic mass is 16.8. The number of carbonyl (C=O) groups excluding carboxylic acids is 2. The van der Waals surface area contributed by atoms with E-state index in [0.717, 1.165) is 0 Å². The molecular formula is C30H38O17. The van der Waals surface area contributed by atoms with Crippen molar-refractivity contribution in [2.75, 3.05) is 41.7 Å². The Morgan fingerprint density at radius 1 is 0.574 bits per heavy atom. The molecule has 0 bridgehead atoms. The first-order valence-electron chi connectivity index (χ1n) is 14.3. The van der Waals surface area contributed by atoms with Gasteiger partial charge in [-0.1, -0.05) is 0 Å². The topological polar surface area (TPSA) is 239 Å². The van der Waals surface area contributed by atoms with Crippen LogP contribution in [-0.4, -0.2) is 146 Å². The fourth-order valence-corrected chi connectivity index (χ4v) is 4.87. The van der Waals surface area contributed by atoms with Crippen LogP contribution < -0.4 is 18.9 Å². The lowest BCUT2D eigenvalue weighted by atomic mass is 9.98. The molecule has 0 aromatic heterocycles. The predicted octanol–water partition coefficient (Wildman–Crippen LogP) is -1.63. The fraction of sp³-hybridized carbons (Fsp3) is 0.533. The number of ether oxygens (including phenoxy) is 9. The van der Waals surface area contributed by atoms with Crippen LogP contribution in [0.4, 0.5) is 0 Å². The van der Waals surface area contributed by atoms with Crippen LogP contribution in [0.1, 0.15) is 20.7 Å². The quantitative estimate of drug-likeness (QED) is 0.139. The van der Waals surface area contributed by atoms with E-state index in [1.54, 1.807) is 0 Å². The molecule has 260 valence electrons. The number of aliphatic hydroxyl groups is 6. The Labute approximate surface area is 268 Å². The first kappa shape index (κ1) is 36.1. The van der Waals surface area contributed by atoms with Gasteiger partial charge in [0.15, 0.2) is 12.6 Å². The maximum Gasteiger partial charge on any atom is 0.342 e. The Hall–Kier alpha value is -3.78. The summed E-state index contributed by atoms with van der Waals surface area (Å²) in [6.07, 6.45) is -17.6. The molecule has 0 spiro atoms. The van der Waals surface area contributed by atoms with Gasteiger partial charge in [-0.2, -0.15) is 0 Å². The van der Waals surface area contributed by atoms with Gasteiger partial charge in [0, 0.05) is 12.1 Å². The molecule has 2 heterocycles. The predicted molar refractivity (Wildman–Crippen MR) is 154 cm³/mol. The molecule has 2 saturated heterocycles. The molecule has 4 rings (SSSR count). The van der Waals surface area contributed by atoms with Crippen LogP contribution in [0.3, 0.4) is 0 Å². The second-order valence-electron chi connectivity index (χ2n) is 10.5. The third-order valence-corrected chi connectivity index (χ3v) is 7.62. The summed E-state index contributed by atoms with van der Waals surface area (Å²) < 4.78 is 47.7. The minimum absolute atomic E-state index is 0.0235. The molecule has 2 aromatic rings. The molecule has 0 radical (unpaired) electrons. The zero-order chi connectivity index (χ0) is 34.4. The number of rotatable bonds is 12. The van der Waals surface area contributed by atoms with Gasteiger partial charge in [-0.25, -0.2) is 9.59 Å². The van der Waals surface area contributed by atoms with Crippen LogP contribution in [-0.2, 0) is 23.7 Å². The molecule has 0 saturated carbocycles. The normalized spacial score (nSPS) is 30.6. The van der Waals surface area contributed by atoms with Gasteiger partial charge in [0.2, 0.25) is 0 Å². The summed E-state index contributed by atoms with van der Waals surface area (Å²) >= 11 is 0. The standard InChI is InChI=1S/C30H38O17/c1-39-13-5-7-15(17(9-13)41-3)27(37)43-11-19-21(31)23(33)25(35)29(45-19)47-30-26(36)24(34)22(32)20(46-30)12-44-28(38)16-8-6-14(40-2)10-18(16)42-4/h5-10,19-26,29-36H,11-12H2,1-4H3/t19-,20-,21-,22-,23+,24+,25-,26-,29-,30-/m1/s1. The maximum atomic E-state index is 12.8. The molecular weight excluding hydrogens is 632 g/mol. The maximum absolute atomic E-state index is 12.8. The van der Waals surface area contributed by atoms with E-state index >= 15 is 0 Å². The Balaban J connectivity index is 1.40. The molecule has 0 aliphatic carbocycles. The van der Waals surface area contributed by atoms with E-state index in [4.69, 9.17) is 42.6 Å². The molecule has 2 aliphatic rings. The molecule has 17 heteroatoms. The van der Waals surface area contributed by atoms with Gasteiger partial charge in [-0.15, -0.1) is 0 Å². The van der Waals surface area contributed by atoms with Crippen molar-refractivity contribution in [1.82, 2.24) is 0 Å². The van der Waals surface area contributed by atoms with Crippen molar-refractivity contribution in [2.24, 2.45) is 0 Å². The zero-order valence-corrected chi connectivity index (χ0v) is 25.8. The summed E-state index contributed by atoms with van der Waals surface area (Å²) in [5.41, 5.74) is 0.0471. The van der Waals surface area contributed by atoms with Crippen molar-refractivity contribution in [2.45, 2.75) is 61.4 Å². The molecule has 2 aliphatic heterocycles. The van der Waals surface area contributed by atoms with Gasteiger partial charge in [0.1, 0.15) is 96.2 Å². The Morgan fingerprint density at radius 2 is 0.957 bits per heavy atom. The van der Waals surface area contributed by atoms with Crippen molar-refractivity contribution in [3.8, 4) is 23.0 Å². The highest BCUT2D eigenvalue weighted by molar-refractivity contribution is 5.93. The number of esters is 2. The summed E-state index contributed by atoms with van der Waals surface area (Å²) in [4.78, 5) is 25.5. The van der Waals surface area contributed by atoms with Crippen molar-refractivity contribution >= 4 is 11.9 Å². The number of hydrogen-bond acceptors (Lipinski definition) is 17. The number of benzene rings is 2. The van der Waals surface area contributed by atoms with Crippen LogP contribution >= 0.6 is 0 Å². The molecule has 2 fully saturated rings. The van der Waals surface area contributed by atoms with E-state index in [2.05, 4.69) is 0 Å². The zero-order valence-electron chi connectivity index (χ0n) is 25.8. The van der Waals surface area contributed by atoms with Crippen LogP contribution in [0.15, 0.2) is 36.4 Å². The SMILES string of the molecule is COc1ccc(C(=O)OC[C@H]2O[C@H](O[C@H]3O[C@H](COC(=O)c4ccc(OC)cc4OC)[C@@H](O)[C@H](O)[C@H]3O)[C@H](O)[C@@H](O)[C@@H]2O)c(OC)c1. The smallest absolute Gasteiger partial charge is 0.342 e. The molecule has 0 unspecified atom stereocenters. The Morgan fingerprint density at radius 3 is 1.30 bits per heavy atom. The highest BCUT2D eigenvalue weighted by Gasteiger charge is 2.50. The monoisotopic (exact) mass is 670 g/mol. The first-order chi connectivity index (χ1) is 22.4. The molecule has 2 aromatic carbocycles. The fourth-order valence-electron chi connectivity index (χ4n) is 4.87. The Bertz CT molecular complexity index is 1270. The van der Waals surface area contributed by atoms with Gasteiger partial charge in [-0.05, 0) is 24.3 Å². The average molecular weight is 671 g/mol. The van der Waals surface area contributed by atoms with Gasteiger partial charge >= 0.3 is 11.9 Å². The van der Waals surface area contributed by atoms with Gasteiger partial charge < -0.3 is 73.3 Å². The Kier molecular flexibility index (Phi) is 12.2. The third kappa shape index (κ3) is 8.03. The lowest BCUT2D eigenvalue weighted by Crippen LogP contribution is -2.64. The number of methoxy groups -OCH3 is 4. The van der Waals surface area contributed by atoms with E-state index in [1.807, 2.05) is 0 Å². The molecule has 47 heavy (non-hydrogen) atoms. The number of hydrogen-bond donors (Lipinski definition) is 6. The van der Waals surface area contributed by atoms with Crippen LogP contribution in [0.2, 0.25) is 0 Å². The minimum Gasteiger partial charge on any atom is -0.497 e.